The Morgan fingerprint density at radius 1 is 1.19 bits per heavy atom. The number of likely N-dealkylation sites (tertiary alicyclic amines) is 1. The third-order valence-electron chi connectivity index (χ3n) is 4.87. The topological polar surface area (TPSA) is 41.6 Å². The molecule has 4 nitrogen and oxygen atoms in total. The van der Waals surface area contributed by atoms with Gasteiger partial charge in [0, 0.05) is 36.3 Å². The van der Waals surface area contributed by atoms with Crippen molar-refractivity contribution in [3.8, 4) is 5.75 Å². The lowest BCUT2D eigenvalue weighted by Gasteiger charge is -2.32. The molecule has 0 aliphatic carbocycles. The zero-order chi connectivity index (χ0) is 18.4. The van der Waals surface area contributed by atoms with Crippen LogP contribution in [0, 0.1) is 0 Å². The van der Waals surface area contributed by atoms with Gasteiger partial charge < -0.3 is 15.0 Å². The first kappa shape index (κ1) is 18.7. The summed E-state index contributed by atoms with van der Waals surface area (Å²) in [6.45, 7) is 2.39. The third kappa shape index (κ3) is 4.99. The summed E-state index contributed by atoms with van der Waals surface area (Å²) in [6, 6.07) is 16.1. The molecule has 1 heterocycles. The number of para-hydroxylation sites is 1. The van der Waals surface area contributed by atoms with Crippen LogP contribution >= 0.6 is 11.6 Å². The van der Waals surface area contributed by atoms with Crippen molar-refractivity contribution in [2.24, 2.45) is 0 Å². The second-order valence-corrected chi connectivity index (χ2v) is 7.09. The summed E-state index contributed by atoms with van der Waals surface area (Å²) in [6.07, 6.45) is 2.33. The molecule has 0 unspecified atom stereocenters. The van der Waals surface area contributed by atoms with E-state index in [0.29, 0.717) is 12.5 Å². The van der Waals surface area contributed by atoms with Crippen molar-refractivity contribution in [3.63, 3.8) is 0 Å². The number of hydrogen-bond donors (Lipinski definition) is 1. The molecule has 0 aromatic heterocycles. The highest BCUT2D eigenvalue weighted by Gasteiger charge is 2.23. The summed E-state index contributed by atoms with van der Waals surface area (Å²) in [5.74, 6) is 0.946. The van der Waals surface area contributed by atoms with Crippen molar-refractivity contribution in [1.82, 2.24) is 10.2 Å². The van der Waals surface area contributed by atoms with E-state index in [9.17, 15) is 4.79 Å². The Kier molecular flexibility index (Phi) is 6.53. The smallest absolute Gasteiger partial charge is 0.227 e. The van der Waals surface area contributed by atoms with Gasteiger partial charge in [0.25, 0.3) is 0 Å². The van der Waals surface area contributed by atoms with Crippen LogP contribution in [0.3, 0.4) is 0 Å². The van der Waals surface area contributed by atoms with Crippen LogP contribution in [-0.4, -0.2) is 37.0 Å². The number of nitrogens with zero attached hydrogens (tertiary/aromatic N) is 1. The fourth-order valence-electron chi connectivity index (χ4n) is 3.37. The van der Waals surface area contributed by atoms with Gasteiger partial charge in [0.15, 0.2) is 0 Å². The Labute approximate surface area is 160 Å². The Morgan fingerprint density at radius 3 is 2.69 bits per heavy atom. The number of rotatable bonds is 6. The van der Waals surface area contributed by atoms with E-state index in [1.165, 1.54) is 5.56 Å². The molecule has 1 fully saturated rings. The van der Waals surface area contributed by atoms with Gasteiger partial charge in [-0.1, -0.05) is 41.9 Å². The lowest BCUT2D eigenvalue weighted by Crippen LogP contribution is -2.45. The molecule has 1 saturated heterocycles. The maximum absolute atomic E-state index is 12.6. The predicted octanol–water partition coefficient (Wildman–Crippen LogP) is 3.67. The molecule has 0 saturated carbocycles. The Hall–Kier alpha value is -2.04. The molecule has 1 amide bonds. The monoisotopic (exact) mass is 372 g/mol. The average molecular weight is 373 g/mol. The van der Waals surface area contributed by atoms with Crippen molar-refractivity contribution in [2.45, 2.75) is 31.8 Å². The van der Waals surface area contributed by atoms with E-state index in [2.05, 4.69) is 11.4 Å². The number of methoxy groups -OCH3 is 1. The van der Waals surface area contributed by atoms with Crippen LogP contribution in [0.1, 0.15) is 24.0 Å². The molecule has 1 N–H and O–H groups in total. The van der Waals surface area contributed by atoms with Gasteiger partial charge in [0.1, 0.15) is 5.75 Å². The van der Waals surface area contributed by atoms with Gasteiger partial charge in [0.05, 0.1) is 13.5 Å². The van der Waals surface area contributed by atoms with Crippen molar-refractivity contribution >= 4 is 17.5 Å². The standard InChI is InChI=1S/C21H25ClN2O2/c1-26-20-8-3-2-6-17(20)14-21(25)24-11-9-19(10-12-24)23-15-16-5-4-7-18(22)13-16/h2-8,13,19,23H,9-12,14-15H2,1H3. The summed E-state index contributed by atoms with van der Waals surface area (Å²) >= 11 is 6.03. The predicted molar refractivity (Wildman–Crippen MR) is 105 cm³/mol. The highest BCUT2D eigenvalue weighted by atomic mass is 35.5. The van der Waals surface area contributed by atoms with Crippen LogP contribution in [0.5, 0.6) is 5.75 Å². The van der Waals surface area contributed by atoms with E-state index in [1.807, 2.05) is 47.4 Å². The molecule has 0 spiro atoms. The number of carbonyl (C=O) groups is 1. The number of hydrogen-bond acceptors (Lipinski definition) is 3. The zero-order valence-corrected chi connectivity index (χ0v) is 15.8. The molecule has 2 aromatic carbocycles. The molecule has 1 aliphatic rings. The fourth-order valence-corrected chi connectivity index (χ4v) is 3.58. The quantitative estimate of drug-likeness (QED) is 0.841. The van der Waals surface area contributed by atoms with Gasteiger partial charge >= 0.3 is 0 Å². The lowest BCUT2D eigenvalue weighted by atomic mass is 10.0. The van der Waals surface area contributed by atoms with E-state index in [4.69, 9.17) is 16.3 Å². The molecule has 1 aliphatic heterocycles. The molecular formula is C21H25ClN2O2. The second-order valence-electron chi connectivity index (χ2n) is 6.65. The number of ether oxygens (including phenoxy) is 1. The summed E-state index contributed by atoms with van der Waals surface area (Å²) < 4.78 is 5.34. The lowest BCUT2D eigenvalue weighted by molar-refractivity contribution is -0.131. The van der Waals surface area contributed by atoms with E-state index in [0.717, 1.165) is 48.8 Å². The fraction of sp³-hybridized carbons (Fsp3) is 0.381. The molecule has 0 bridgehead atoms. The number of piperidine rings is 1. The normalized spacial score (nSPS) is 15.1. The largest absolute Gasteiger partial charge is 0.496 e. The van der Waals surface area contributed by atoms with Crippen molar-refractivity contribution in [3.05, 3.63) is 64.7 Å². The van der Waals surface area contributed by atoms with Crippen molar-refractivity contribution in [1.29, 1.82) is 0 Å². The summed E-state index contributed by atoms with van der Waals surface area (Å²) in [5.41, 5.74) is 2.13. The Bertz CT molecular complexity index is 742. The number of halogens is 1. The first-order valence-corrected chi connectivity index (χ1v) is 9.41. The molecule has 3 rings (SSSR count). The minimum atomic E-state index is 0.169. The summed E-state index contributed by atoms with van der Waals surface area (Å²) in [4.78, 5) is 14.6. The van der Waals surface area contributed by atoms with E-state index in [1.54, 1.807) is 7.11 Å². The minimum absolute atomic E-state index is 0.169. The Morgan fingerprint density at radius 2 is 1.96 bits per heavy atom. The van der Waals surface area contributed by atoms with Gasteiger partial charge in [-0.2, -0.15) is 0 Å². The maximum atomic E-state index is 12.6. The van der Waals surface area contributed by atoms with Crippen LogP contribution in [0.2, 0.25) is 5.02 Å². The number of nitrogens with one attached hydrogen (secondary N) is 1. The Balaban J connectivity index is 1.46. The van der Waals surface area contributed by atoms with Gasteiger partial charge in [-0.15, -0.1) is 0 Å². The second kappa shape index (κ2) is 9.06. The highest BCUT2D eigenvalue weighted by molar-refractivity contribution is 6.30. The molecule has 138 valence electrons. The molecule has 0 atom stereocenters. The van der Waals surface area contributed by atoms with Gasteiger partial charge in [-0.3, -0.25) is 4.79 Å². The molecular weight excluding hydrogens is 348 g/mol. The molecule has 2 aromatic rings. The minimum Gasteiger partial charge on any atom is -0.496 e. The van der Waals surface area contributed by atoms with Crippen molar-refractivity contribution in [2.75, 3.05) is 20.2 Å². The van der Waals surface area contributed by atoms with Crippen LogP contribution in [0.4, 0.5) is 0 Å². The van der Waals surface area contributed by atoms with Crippen LogP contribution < -0.4 is 10.1 Å². The molecule has 26 heavy (non-hydrogen) atoms. The van der Waals surface area contributed by atoms with E-state index >= 15 is 0 Å². The third-order valence-corrected chi connectivity index (χ3v) is 5.10. The SMILES string of the molecule is COc1ccccc1CC(=O)N1CCC(NCc2cccc(Cl)c2)CC1. The highest BCUT2D eigenvalue weighted by Crippen LogP contribution is 2.20. The zero-order valence-electron chi connectivity index (χ0n) is 15.1. The average Bonchev–Trinajstić information content (AvgIpc) is 2.67. The number of benzene rings is 2. The van der Waals surface area contributed by atoms with E-state index in [-0.39, 0.29) is 5.91 Å². The van der Waals surface area contributed by atoms with Crippen LogP contribution in [0.15, 0.2) is 48.5 Å². The number of amides is 1. The van der Waals surface area contributed by atoms with Gasteiger partial charge in [0.2, 0.25) is 5.91 Å². The summed E-state index contributed by atoms with van der Waals surface area (Å²) in [7, 11) is 1.64. The van der Waals surface area contributed by atoms with Crippen molar-refractivity contribution < 1.29 is 9.53 Å². The van der Waals surface area contributed by atoms with Gasteiger partial charge in [-0.25, -0.2) is 0 Å². The molecule has 0 radical (unpaired) electrons. The first-order valence-electron chi connectivity index (χ1n) is 9.03. The van der Waals surface area contributed by atoms with Crippen LogP contribution in [-0.2, 0) is 17.8 Å². The van der Waals surface area contributed by atoms with E-state index < -0.39 is 0 Å². The summed E-state index contributed by atoms with van der Waals surface area (Å²) in [5, 5.41) is 4.34. The maximum Gasteiger partial charge on any atom is 0.227 e. The molecule has 5 heteroatoms. The number of carbonyl (C=O) groups excluding carboxylic acids is 1. The van der Waals surface area contributed by atoms with Crippen LogP contribution in [0.25, 0.3) is 0 Å². The van der Waals surface area contributed by atoms with Gasteiger partial charge in [-0.05, 0) is 36.6 Å². The first-order chi connectivity index (χ1) is 12.7.